The van der Waals surface area contributed by atoms with E-state index in [-0.39, 0.29) is 18.8 Å². The summed E-state index contributed by atoms with van der Waals surface area (Å²) in [6.07, 6.45) is -0.904. The summed E-state index contributed by atoms with van der Waals surface area (Å²) in [6, 6.07) is 15.7. The molecule has 0 fully saturated rings. The Morgan fingerprint density at radius 1 is 1.21 bits per heavy atom. The number of benzene rings is 2. The Labute approximate surface area is 172 Å². The number of aromatic nitrogens is 2. The van der Waals surface area contributed by atoms with E-state index in [1.807, 2.05) is 12.1 Å². The van der Waals surface area contributed by atoms with Crippen molar-refractivity contribution in [1.82, 2.24) is 15.2 Å². The minimum Gasteiger partial charge on any atom is -0.497 e. The largest absolute Gasteiger partial charge is 0.497 e. The number of nitrogens with two attached hydrogens (primary N) is 1. The normalized spacial score (nSPS) is 11.7. The van der Waals surface area contributed by atoms with Gasteiger partial charge in [-0.05, 0) is 54.6 Å². The molecule has 0 spiro atoms. The molecule has 1 heterocycles. The molecule has 0 bridgehead atoms. The number of ether oxygens (including phenoxy) is 2. The molecule has 1 atom stereocenters. The maximum atomic E-state index is 12.1. The highest BCUT2D eigenvalue weighted by Crippen LogP contribution is 2.23. The molecule has 0 aliphatic rings. The van der Waals surface area contributed by atoms with Crippen LogP contribution in [0.4, 0.5) is 0 Å². The van der Waals surface area contributed by atoms with Gasteiger partial charge in [0.1, 0.15) is 29.9 Å². The van der Waals surface area contributed by atoms with E-state index < -0.39 is 12.0 Å². The van der Waals surface area contributed by atoms with E-state index in [0.717, 1.165) is 5.56 Å². The first-order valence-electron chi connectivity index (χ1n) is 8.80. The van der Waals surface area contributed by atoms with Crippen LogP contribution in [0.1, 0.15) is 10.5 Å². The molecule has 1 aromatic heterocycles. The van der Waals surface area contributed by atoms with Crippen LogP contribution in [0, 0.1) is 0 Å². The van der Waals surface area contributed by atoms with Crippen LogP contribution in [0.15, 0.2) is 54.6 Å². The fourth-order valence-corrected chi connectivity index (χ4v) is 2.82. The number of nitrogens with zero attached hydrogens (tertiary/aromatic N) is 2. The maximum Gasteiger partial charge on any atom is 0.283 e. The highest BCUT2D eigenvalue weighted by molar-refractivity contribution is 6.30. The molecule has 9 heteroatoms. The molecule has 0 saturated carbocycles. The number of rotatable bonds is 8. The Morgan fingerprint density at radius 2 is 1.86 bits per heavy atom. The Balaban J connectivity index is 1.74. The van der Waals surface area contributed by atoms with Crippen LogP contribution in [0.3, 0.4) is 0 Å². The van der Waals surface area contributed by atoms with Crippen molar-refractivity contribution in [2.24, 2.45) is 5.84 Å². The molecule has 1 unspecified atom stereocenters. The van der Waals surface area contributed by atoms with Crippen LogP contribution in [0.2, 0.25) is 5.02 Å². The molecule has 0 radical (unpaired) electrons. The van der Waals surface area contributed by atoms with Gasteiger partial charge in [0, 0.05) is 10.6 Å². The van der Waals surface area contributed by atoms with Crippen molar-refractivity contribution in [3.05, 3.63) is 65.3 Å². The molecular formula is C20H21ClN4O4. The summed E-state index contributed by atoms with van der Waals surface area (Å²) in [4.78, 5) is 12.1. The third-order valence-electron chi connectivity index (χ3n) is 4.17. The van der Waals surface area contributed by atoms with Crippen molar-refractivity contribution < 1.29 is 19.4 Å². The fraction of sp³-hybridized carbons (Fsp3) is 0.200. The summed E-state index contributed by atoms with van der Waals surface area (Å²) in [7, 11) is 1.58. The maximum absolute atomic E-state index is 12.1. The second kappa shape index (κ2) is 9.42. The molecule has 3 aromatic rings. The van der Waals surface area contributed by atoms with E-state index >= 15 is 0 Å². The molecule has 0 saturated heterocycles. The van der Waals surface area contributed by atoms with Gasteiger partial charge in [-0.15, -0.1) is 0 Å². The zero-order valence-electron chi connectivity index (χ0n) is 15.7. The van der Waals surface area contributed by atoms with Crippen LogP contribution < -0.4 is 20.7 Å². The summed E-state index contributed by atoms with van der Waals surface area (Å²) < 4.78 is 12.1. The van der Waals surface area contributed by atoms with E-state index in [2.05, 4.69) is 10.5 Å². The highest BCUT2D eigenvalue weighted by atomic mass is 35.5. The van der Waals surface area contributed by atoms with Gasteiger partial charge in [0.05, 0.1) is 19.3 Å². The zero-order valence-corrected chi connectivity index (χ0v) is 16.5. The number of hydrogen-bond donors (Lipinski definition) is 3. The van der Waals surface area contributed by atoms with Gasteiger partial charge < -0.3 is 14.6 Å². The van der Waals surface area contributed by atoms with E-state index in [1.165, 1.54) is 4.68 Å². The highest BCUT2D eigenvalue weighted by Gasteiger charge is 2.18. The number of hydrazine groups is 1. The third kappa shape index (κ3) is 5.26. The van der Waals surface area contributed by atoms with Crippen LogP contribution >= 0.6 is 11.6 Å². The lowest BCUT2D eigenvalue weighted by Crippen LogP contribution is -2.33. The van der Waals surface area contributed by atoms with Gasteiger partial charge in [-0.3, -0.25) is 14.9 Å². The van der Waals surface area contributed by atoms with Gasteiger partial charge in [0.2, 0.25) is 0 Å². The van der Waals surface area contributed by atoms with Crippen molar-refractivity contribution in [2.75, 3.05) is 13.7 Å². The number of hydrogen-bond acceptors (Lipinski definition) is 6. The predicted octanol–water partition coefficient (Wildman–Crippen LogP) is 2.26. The predicted molar refractivity (Wildman–Crippen MR) is 109 cm³/mol. The number of carbonyl (C=O) groups excluding carboxylic acids is 1. The van der Waals surface area contributed by atoms with Crippen LogP contribution in [-0.2, 0) is 6.54 Å². The molecule has 1 amide bonds. The second-order valence-electron chi connectivity index (χ2n) is 6.22. The third-order valence-corrected chi connectivity index (χ3v) is 4.42. The first kappa shape index (κ1) is 20.7. The fourth-order valence-electron chi connectivity index (χ4n) is 2.69. The Morgan fingerprint density at radius 3 is 2.48 bits per heavy atom. The number of amides is 1. The molecule has 0 aliphatic heterocycles. The van der Waals surface area contributed by atoms with E-state index in [1.54, 1.807) is 49.6 Å². The van der Waals surface area contributed by atoms with Crippen molar-refractivity contribution >= 4 is 17.5 Å². The van der Waals surface area contributed by atoms with Crippen molar-refractivity contribution in [3.8, 4) is 22.8 Å². The van der Waals surface area contributed by atoms with Gasteiger partial charge >= 0.3 is 0 Å². The topological polar surface area (TPSA) is 112 Å². The van der Waals surface area contributed by atoms with Crippen LogP contribution in [0.5, 0.6) is 11.5 Å². The number of methoxy groups -OCH3 is 1. The lowest BCUT2D eigenvalue weighted by Gasteiger charge is -2.14. The summed E-state index contributed by atoms with van der Waals surface area (Å²) in [6.45, 7) is 0.0650. The molecule has 29 heavy (non-hydrogen) atoms. The first-order chi connectivity index (χ1) is 14.0. The molecule has 2 aromatic carbocycles. The van der Waals surface area contributed by atoms with Crippen molar-refractivity contribution in [1.29, 1.82) is 0 Å². The Hall–Kier alpha value is -3.07. The number of aliphatic hydroxyl groups excluding tert-OH is 1. The average Bonchev–Trinajstić information content (AvgIpc) is 3.16. The zero-order chi connectivity index (χ0) is 20.8. The van der Waals surface area contributed by atoms with E-state index in [4.69, 9.17) is 26.9 Å². The Kier molecular flexibility index (Phi) is 6.71. The molecule has 0 aliphatic carbocycles. The molecule has 4 N–H and O–H groups in total. The van der Waals surface area contributed by atoms with Gasteiger partial charge in [-0.1, -0.05) is 11.6 Å². The van der Waals surface area contributed by atoms with Gasteiger partial charge in [0.15, 0.2) is 0 Å². The quantitative estimate of drug-likeness (QED) is 0.295. The van der Waals surface area contributed by atoms with Crippen molar-refractivity contribution in [3.63, 3.8) is 0 Å². The standard InChI is InChI=1S/C20H21ClN4O4/c1-28-16-6-2-13(3-7-16)18-10-19(20(27)23-22)25(24-18)11-15(26)12-29-17-8-4-14(21)5-9-17/h2-10,15,26H,11-12,22H2,1H3,(H,23,27). The number of halogens is 1. The minimum atomic E-state index is -0.904. The van der Waals surface area contributed by atoms with Crippen LogP contribution in [0.25, 0.3) is 11.3 Å². The molecule has 8 nitrogen and oxygen atoms in total. The lowest BCUT2D eigenvalue weighted by atomic mass is 10.1. The molecule has 3 rings (SSSR count). The molecular weight excluding hydrogens is 396 g/mol. The van der Waals surface area contributed by atoms with Gasteiger partial charge in [-0.2, -0.15) is 5.10 Å². The van der Waals surface area contributed by atoms with E-state index in [9.17, 15) is 9.90 Å². The molecule has 152 valence electrons. The van der Waals surface area contributed by atoms with Crippen molar-refractivity contribution in [2.45, 2.75) is 12.6 Å². The Bertz CT molecular complexity index is 958. The summed E-state index contributed by atoms with van der Waals surface area (Å²) >= 11 is 5.84. The number of aliphatic hydroxyl groups is 1. The minimum absolute atomic E-state index is 0.0169. The second-order valence-corrected chi connectivity index (χ2v) is 6.65. The van der Waals surface area contributed by atoms with Gasteiger partial charge in [0.25, 0.3) is 5.91 Å². The van der Waals surface area contributed by atoms with E-state index in [0.29, 0.717) is 22.2 Å². The SMILES string of the molecule is COc1ccc(-c2cc(C(=O)NN)n(CC(O)COc3ccc(Cl)cc3)n2)cc1. The summed E-state index contributed by atoms with van der Waals surface area (Å²) in [5, 5.41) is 15.4. The number of nitrogen functional groups attached to an aromatic ring is 1. The van der Waals surface area contributed by atoms with Crippen LogP contribution in [-0.4, -0.2) is 40.6 Å². The lowest BCUT2D eigenvalue weighted by molar-refractivity contribution is 0.0845. The number of carbonyl (C=O) groups is 1. The number of nitrogens with one attached hydrogen (secondary N) is 1. The monoisotopic (exact) mass is 416 g/mol. The smallest absolute Gasteiger partial charge is 0.283 e. The first-order valence-corrected chi connectivity index (χ1v) is 9.17. The average molecular weight is 417 g/mol. The van der Waals surface area contributed by atoms with Gasteiger partial charge in [-0.25, -0.2) is 5.84 Å². The summed E-state index contributed by atoms with van der Waals surface area (Å²) in [5.74, 6) is 6.06. The summed E-state index contributed by atoms with van der Waals surface area (Å²) in [5.41, 5.74) is 3.68.